The molecule has 0 amide bonds. The molecule has 3 aromatic rings. The molecule has 1 aromatic carbocycles. The number of aromatic hydroxyl groups is 1. The van der Waals surface area contributed by atoms with Gasteiger partial charge >= 0.3 is 0 Å². The zero-order valence-corrected chi connectivity index (χ0v) is 14.9. The lowest BCUT2D eigenvalue weighted by Gasteiger charge is -2.27. The quantitative estimate of drug-likeness (QED) is 0.718. The molecule has 0 spiro atoms. The van der Waals surface area contributed by atoms with Crippen LogP contribution in [0, 0.1) is 0 Å². The fourth-order valence-corrected chi connectivity index (χ4v) is 3.29. The highest BCUT2D eigenvalue weighted by atomic mass is 35.5. The Morgan fingerprint density at radius 1 is 1.23 bits per heavy atom. The predicted octanol–water partition coefficient (Wildman–Crippen LogP) is 2.66. The highest BCUT2D eigenvalue weighted by molar-refractivity contribution is 6.32. The fourth-order valence-electron chi connectivity index (χ4n) is 3.10. The molecule has 26 heavy (non-hydrogen) atoms. The van der Waals surface area contributed by atoms with Gasteiger partial charge < -0.3 is 10.4 Å². The van der Waals surface area contributed by atoms with E-state index in [9.17, 15) is 5.11 Å². The maximum atomic E-state index is 9.76. The number of anilines is 1. The molecule has 4 rings (SSSR count). The largest absolute Gasteiger partial charge is 0.506 e. The molecule has 2 N–H and O–H groups in total. The van der Waals surface area contributed by atoms with Gasteiger partial charge in [-0.05, 0) is 17.7 Å². The highest BCUT2D eigenvalue weighted by Crippen LogP contribution is 2.28. The summed E-state index contributed by atoms with van der Waals surface area (Å²) in [5.41, 5.74) is 3.08. The summed E-state index contributed by atoms with van der Waals surface area (Å²) in [5.74, 6) is 0.863. The lowest BCUT2D eigenvalue weighted by atomic mass is 10.1. The van der Waals surface area contributed by atoms with Crippen LogP contribution in [0.2, 0.25) is 5.02 Å². The molecule has 8 heteroatoms. The van der Waals surface area contributed by atoms with Crippen LogP contribution in [-0.4, -0.2) is 36.3 Å². The van der Waals surface area contributed by atoms with Crippen molar-refractivity contribution < 1.29 is 5.11 Å². The first kappa shape index (κ1) is 16.8. The van der Waals surface area contributed by atoms with Crippen LogP contribution in [0.1, 0.15) is 17.0 Å². The van der Waals surface area contributed by atoms with E-state index in [1.807, 2.05) is 16.8 Å². The number of nitrogens with one attached hydrogen (secondary N) is 1. The van der Waals surface area contributed by atoms with Crippen LogP contribution in [0.15, 0.2) is 42.9 Å². The molecule has 134 valence electrons. The normalized spacial score (nSPS) is 14.2. The van der Waals surface area contributed by atoms with Crippen LogP contribution in [0.3, 0.4) is 0 Å². The second-order valence-corrected chi connectivity index (χ2v) is 6.63. The van der Waals surface area contributed by atoms with Crippen molar-refractivity contribution in [3.63, 3.8) is 0 Å². The number of rotatable bonds is 5. The molecule has 0 saturated heterocycles. The number of benzene rings is 1. The molecule has 0 atom stereocenters. The van der Waals surface area contributed by atoms with Crippen LogP contribution in [0.25, 0.3) is 0 Å². The monoisotopic (exact) mass is 370 g/mol. The molecule has 0 bridgehead atoms. The van der Waals surface area contributed by atoms with Gasteiger partial charge in [-0.1, -0.05) is 23.7 Å². The van der Waals surface area contributed by atoms with Gasteiger partial charge in [0.1, 0.15) is 11.6 Å². The van der Waals surface area contributed by atoms with Gasteiger partial charge in [0.25, 0.3) is 0 Å². The lowest BCUT2D eigenvalue weighted by molar-refractivity contribution is 0.205. The molecule has 0 unspecified atom stereocenters. The third-order valence-corrected chi connectivity index (χ3v) is 4.83. The van der Waals surface area contributed by atoms with E-state index in [2.05, 4.69) is 31.3 Å². The Labute approximate surface area is 156 Å². The molecule has 7 nitrogen and oxygen atoms in total. The van der Waals surface area contributed by atoms with Crippen molar-refractivity contribution in [1.82, 2.24) is 24.6 Å². The second-order valence-electron chi connectivity index (χ2n) is 6.26. The van der Waals surface area contributed by atoms with E-state index in [1.165, 1.54) is 5.69 Å². The summed E-state index contributed by atoms with van der Waals surface area (Å²) in [6.45, 7) is 3.82. The Kier molecular flexibility index (Phi) is 4.73. The van der Waals surface area contributed by atoms with Gasteiger partial charge in [0, 0.05) is 32.0 Å². The van der Waals surface area contributed by atoms with Gasteiger partial charge in [-0.3, -0.25) is 14.6 Å². The number of phenols is 1. The van der Waals surface area contributed by atoms with Crippen molar-refractivity contribution in [2.75, 3.05) is 11.9 Å². The number of hydrogen-bond acceptors (Lipinski definition) is 6. The van der Waals surface area contributed by atoms with Crippen LogP contribution >= 0.6 is 11.6 Å². The average molecular weight is 371 g/mol. The van der Waals surface area contributed by atoms with Gasteiger partial charge in [0.05, 0.1) is 35.7 Å². The fraction of sp³-hybridized carbons (Fsp3) is 0.278. The minimum atomic E-state index is 0.128. The molecule has 3 heterocycles. The minimum absolute atomic E-state index is 0.128. The van der Waals surface area contributed by atoms with Crippen LogP contribution < -0.4 is 5.32 Å². The highest BCUT2D eigenvalue weighted by Gasteiger charge is 2.19. The van der Waals surface area contributed by atoms with Gasteiger partial charge in [-0.2, -0.15) is 5.10 Å². The van der Waals surface area contributed by atoms with Gasteiger partial charge in [0.2, 0.25) is 0 Å². The summed E-state index contributed by atoms with van der Waals surface area (Å²) in [6.07, 6.45) is 5.00. The summed E-state index contributed by atoms with van der Waals surface area (Å²) in [4.78, 5) is 10.5. The molecule has 0 radical (unpaired) electrons. The first-order valence-electron chi connectivity index (χ1n) is 8.43. The van der Waals surface area contributed by atoms with Crippen LogP contribution in [-0.2, 0) is 26.2 Å². The molecular weight excluding hydrogens is 352 g/mol. The van der Waals surface area contributed by atoms with Crippen molar-refractivity contribution >= 4 is 17.4 Å². The number of nitrogens with zero attached hydrogens (tertiary/aromatic N) is 5. The van der Waals surface area contributed by atoms with E-state index < -0.39 is 0 Å². The number of aromatic nitrogens is 4. The van der Waals surface area contributed by atoms with Crippen LogP contribution in [0.4, 0.5) is 5.82 Å². The molecule has 0 aliphatic carbocycles. The van der Waals surface area contributed by atoms with Gasteiger partial charge in [-0.25, -0.2) is 4.98 Å². The van der Waals surface area contributed by atoms with Crippen molar-refractivity contribution in [2.24, 2.45) is 0 Å². The van der Waals surface area contributed by atoms with Crippen molar-refractivity contribution in [1.29, 1.82) is 0 Å². The summed E-state index contributed by atoms with van der Waals surface area (Å²) in [7, 11) is 0. The average Bonchev–Trinajstić information content (AvgIpc) is 3.07. The summed E-state index contributed by atoms with van der Waals surface area (Å²) in [6, 6.07) is 7.48. The van der Waals surface area contributed by atoms with E-state index in [4.69, 9.17) is 11.6 Å². The van der Waals surface area contributed by atoms with E-state index in [-0.39, 0.29) is 5.75 Å². The van der Waals surface area contributed by atoms with Gasteiger partial charge in [0.15, 0.2) is 0 Å². The lowest BCUT2D eigenvalue weighted by Crippen LogP contribution is -2.33. The number of halogens is 1. The Bertz CT molecular complexity index is 898. The minimum Gasteiger partial charge on any atom is -0.506 e. The number of fused-ring (bicyclic) bond motifs is 1. The zero-order chi connectivity index (χ0) is 17.9. The van der Waals surface area contributed by atoms with E-state index in [0.717, 1.165) is 36.7 Å². The standard InChI is InChI=1S/C18H19ClN6O/c19-18-13(2-1-3-16(18)26)11-24-6-7-25-15(12-24)8-14(23-25)9-22-17-10-20-4-5-21-17/h1-5,8,10,26H,6-7,9,11-12H2,(H,21,22). The number of phenolic OH excluding ortho intramolecular Hbond substituents is 1. The number of hydrogen-bond donors (Lipinski definition) is 2. The maximum Gasteiger partial charge on any atom is 0.144 e. The summed E-state index contributed by atoms with van der Waals surface area (Å²) in [5, 5.41) is 18.1. The van der Waals surface area contributed by atoms with Gasteiger partial charge in [-0.15, -0.1) is 0 Å². The van der Waals surface area contributed by atoms with E-state index in [1.54, 1.807) is 24.7 Å². The third-order valence-electron chi connectivity index (χ3n) is 4.39. The summed E-state index contributed by atoms with van der Waals surface area (Å²) >= 11 is 6.20. The van der Waals surface area contributed by atoms with E-state index in [0.29, 0.717) is 18.1 Å². The Balaban J connectivity index is 1.41. The SMILES string of the molecule is Oc1cccc(CN2CCn3nc(CNc4cnccn4)cc3C2)c1Cl. The van der Waals surface area contributed by atoms with E-state index >= 15 is 0 Å². The maximum absolute atomic E-state index is 9.76. The van der Waals surface area contributed by atoms with Crippen LogP contribution in [0.5, 0.6) is 5.75 Å². The topological polar surface area (TPSA) is 79.1 Å². The van der Waals surface area contributed by atoms with Crippen molar-refractivity contribution in [2.45, 2.75) is 26.2 Å². The first-order chi connectivity index (χ1) is 12.7. The smallest absolute Gasteiger partial charge is 0.144 e. The Morgan fingerprint density at radius 3 is 3.00 bits per heavy atom. The Morgan fingerprint density at radius 2 is 2.15 bits per heavy atom. The molecule has 2 aromatic heterocycles. The molecule has 0 fully saturated rings. The molecule has 0 saturated carbocycles. The Hall–Kier alpha value is -2.64. The zero-order valence-electron chi connectivity index (χ0n) is 14.1. The van der Waals surface area contributed by atoms with Crippen molar-refractivity contribution in [3.8, 4) is 5.75 Å². The summed E-state index contributed by atoms with van der Waals surface area (Å²) < 4.78 is 2.05. The molecular formula is C18H19ClN6O. The second kappa shape index (κ2) is 7.31. The predicted molar refractivity (Wildman–Crippen MR) is 98.8 cm³/mol. The molecule has 1 aliphatic rings. The third kappa shape index (κ3) is 3.63. The first-order valence-corrected chi connectivity index (χ1v) is 8.81. The molecule has 1 aliphatic heterocycles. The van der Waals surface area contributed by atoms with Crippen molar-refractivity contribution in [3.05, 3.63) is 64.8 Å².